The highest BCUT2D eigenvalue weighted by molar-refractivity contribution is 9.10. The summed E-state index contributed by atoms with van der Waals surface area (Å²) in [4.78, 5) is 23.4. The number of halogens is 2. The number of amides is 1. The summed E-state index contributed by atoms with van der Waals surface area (Å²) in [6.07, 6.45) is 0.225. The minimum Gasteiger partial charge on any atom is -0.468 e. The lowest BCUT2D eigenvalue weighted by atomic mass is 9.98. The second-order valence-corrected chi connectivity index (χ2v) is 7.48. The molecule has 138 valence electrons. The fourth-order valence-corrected chi connectivity index (χ4v) is 3.43. The fourth-order valence-electron chi connectivity index (χ4n) is 2.33. The van der Waals surface area contributed by atoms with E-state index in [-0.39, 0.29) is 24.1 Å². The van der Waals surface area contributed by atoms with Gasteiger partial charge in [0.05, 0.1) is 18.9 Å². The highest BCUT2D eigenvalue weighted by Crippen LogP contribution is 2.26. The molecule has 0 radical (unpaired) electrons. The van der Waals surface area contributed by atoms with Crippen molar-refractivity contribution in [2.45, 2.75) is 12.5 Å². The van der Waals surface area contributed by atoms with Crippen molar-refractivity contribution in [2.75, 3.05) is 18.6 Å². The molecule has 0 aliphatic rings. The molecule has 0 aliphatic carbocycles. The van der Waals surface area contributed by atoms with Crippen LogP contribution in [-0.4, -0.2) is 30.5 Å². The van der Waals surface area contributed by atoms with Crippen LogP contribution in [0.2, 0.25) is 0 Å². The fraction of sp³-hybridized carbons (Fsp3) is 0.263. The number of hydrogen-bond acceptors (Lipinski definition) is 4. The molecule has 0 saturated carbocycles. The number of hydrogen-bond donors (Lipinski definition) is 1. The Bertz CT molecular complexity index is 758. The van der Waals surface area contributed by atoms with E-state index < -0.39 is 11.9 Å². The highest BCUT2D eigenvalue weighted by atomic mass is 79.9. The van der Waals surface area contributed by atoms with Crippen LogP contribution >= 0.6 is 27.7 Å². The molecule has 0 spiro atoms. The molecular formula is C19H19BrFNO3S. The molecule has 2 rings (SSSR count). The van der Waals surface area contributed by atoms with Gasteiger partial charge in [0.25, 0.3) is 0 Å². The first-order valence-corrected chi connectivity index (χ1v) is 9.90. The van der Waals surface area contributed by atoms with Crippen molar-refractivity contribution < 1.29 is 18.7 Å². The first kappa shape index (κ1) is 20.5. The molecule has 0 aliphatic heterocycles. The van der Waals surface area contributed by atoms with Gasteiger partial charge >= 0.3 is 5.97 Å². The smallest absolute Gasteiger partial charge is 0.315 e. The summed E-state index contributed by atoms with van der Waals surface area (Å²) >= 11 is 4.57. The molecule has 4 nitrogen and oxygen atoms in total. The second-order valence-electron chi connectivity index (χ2n) is 5.46. The highest BCUT2D eigenvalue weighted by Gasteiger charge is 2.20. The summed E-state index contributed by atoms with van der Waals surface area (Å²) in [7, 11) is 1.33. The Morgan fingerprint density at radius 3 is 2.62 bits per heavy atom. The lowest BCUT2D eigenvalue weighted by molar-refractivity contribution is -0.137. The Labute approximate surface area is 164 Å². The van der Waals surface area contributed by atoms with Gasteiger partial charge in [0.1, 0.15) is 5.82 Å². The average Bonchev–Trinajstić information content (AvgIpc) is 2.64. The number of benzene rings is 2. The number of nitrogens with one attached hydrogen (secondary N) is 1. The molecule has 2 aromatic rings. The van der Waals surface area contributed by atoms with Gasteiger partial charge in [-0.3, -0.25) is 9.59 Å². The zero-order valence-corrected chi connectivity index (χ0v) is 16.6. The van der Waals surface area contributed by atoms with Crippen LogP contribution in [0.1, 0.15) is 23.6 Å². The van der Waals surface area contributed by atoms with E-state index in [1.807, 2.05) is 30.3 Å². The molecule has 1 amide bonds. The zero-order valence-electron chi connectivity index (χ0n) is 14.2. The third-order valence-electron chi connectivity index (χ3n) is 3.63. The number of carbonyl (C=O) groups is 2. The van der Waals surface area contributed by atoms with E-state index in [1.165, 1.54) is 24.9 Å². The zero-order chi connectivity index (χ0) is 18.9. The molecule has 2 aromatic carbocycles. The topological polar surface area (TPSA) is 55.4 Å². The number of rotatable bonds is 8. The monoisotopic (exact) mass is 439 g/mol. The molecule has 0 heterocycles. The first-order valence-electron chi connectivity index (χ1n) is 7.95. The molecule has 1 atom stereocenters. The second kappa shape index (κ2) is 10.3. The minimum atomic E-state index is -0.581. The van der Waals surface area contributed by atoms with Gasteiger partial charge in [0.15, 0.2) is 0 Å². The quantitative estimate of drug-likeness (QED) is 0.497. The van der Waals surface area contributed by atoms with Crippen molar-refractivity contribution in [1.29, 1.82) is 0 Å². The molecule has 0 bridgehead atoms. The maximum Gasteiger partial charge on any atom is 0.315 e. The summed E-state index contributed by atoms with van der Waals surface area (Å²) in [5, 5.41) is 2.89. The molecular weight excluding hydrogens is 421 g/mol. The average molecular weight is 440 g/mol. The molecule has 26 heavy (non-hydrogen) atoms. The maximum atomic E-state index is 14.4. The molecule has 0 fully saturated rings. The van der Waals surface area contributed by atoms with E-state index >= 15 is 0 Å². The van der Waals surface area contributed by atoms with Gasteiger partial charge in [0.2, 0.25) is 5.91 Å². The van der Waals surface area contributed by atoms with Crippen LogP contribution in [0.4, 0.5) is 4.39 Å². The van der Waals surface area contributed by atoms with E-state index in [1.54, 1.807) is 12.1 Å². The summed E-state index contributed by atoms with van der Waals surface area (Å²) in [5.74, 6) is -0.250. The van der Waals surface area contributed by atoms with E-state index in [2.05, 4.69) is 26.0 Å². The van der Waals surface area contributed by atoms with Crippen LogP contribution in [0.25, 0.3) is 0 Å². The van der Waals surface area contributed by atoms with Crippen LogP contribution in [0.3, 0.4) is 0 Å². The van der Waals surface area contributed by atoms with E-state index in [0.29, 0.717) is 15.8 Å². The van der Waals surface area contributed by atoms with Gasteiger partial charge in [0, 0.05) is 22.2 Å². The largest absolute Gasteiger partial charge is 0.468 e. The standard InChI is InChI=1S/C19H19BrFNO3S/c1-25-18(24)12-26-10-9-17(23)22-19(13-5-3-2-4-6-13)15-8-7-14(20)11-16(15)21/h2-8,11,19H,9-10,12H2,1H3,(H,22,23). The van der Waals surface area contributed by atoms with Gasteiger partial charge in [-0.2, -0.15) is 0 Å². The first-order chi connectivity index (χ1) is 12.5. The predicted molar refractivity (Wildman–Crippen MR) is 104 cm³/mol. The molecule has 1 N–H and O–H groups in total. The Morgan fingerprint density at radius 1 is 1.23 bits per heavy atom. The van der Waals surface area contributed by atoms with E-state index in [0.717, 1.165) is 5.56 Å². The molecule has 7 heteroatoms. The van der Waals surface area contributed by atoms with Crippen molar-refractivity contribution in [3.63, 3.8) is 0 Å². The number of thioether (sulfide) groups is 1. The van der Waals surface area contributed by atoms with Crippen molar-refractivity contribution >= 4 is 39.6 Å². The SMILES string of the molecule is COC(=O)CSCCC(=O)NC(c1ccccc1)c1ccc(Br)cc1F. The Balaban J connectivity index is 2.08. The maximum absolute atomic E-state index is 14.4. The van der Waals surface area contributed by atoms with E-state index in [4.69, 9.17) is 0 Å². The van der Waals surface area contributed by atoms with Crippen LogP contribution in [0.5, 0.6) is 0 Å². The molecule has 1 unspecified atom stereocenters. The lowest BCUT2D eigenvalue weighted by Gasteiger charge is -2.20. The summed E-state index contributed by atoms with van der Waals surface area (Å²) in [6.45, 7) is 0. The van der Waals surface area contributed by atoms with Crippen molar-refractivity contribution in [3.05, 3.63) is 69.9 Å². The Hall–Kier alpha value is -1.86. The lowest BCUT2D eigenvalue weighted by Crippen LogP contribution is -2.30. The van der Waals surface area contributed by atoms with Gasteiger partial charge < -0.3 is 10.1 Å². The molecule has 0 saturated heterocycles. The summed E-state index contributed by atoms with van der Waals surface area (Å²) in [5.41, 5.74) is 1.19. The van der Waals surface area contributed by atoms with Crippen LogP contribution < -0.4 is 5.32 Å². The van der Waals surface area contributed by atoms with Crippen LogP contribution in [0.15, 0.2) is 53.0 Å². The van der Waals surface area contributed by atoms with Gasteiger partial charge in [-0.1, -0.05) is 52.3 Å². The van der Waals surface area contributed by atoms with Crippen LogP contribution in [0, 0.1) is 5.82 Å². The summed E-state index contributed by atoms with van der Waals surface area (Å²) < 4.78 is 19.6. The third kappa shape index (κ3) is 6.14. The van der Waals surface area contributed by atoms with Gasteiger partial charge in [-0.15, -0.1) is 11.8 Å². The number of ether oxygens (including phenoxy) is 1. The molecule has 0 aromatic heterocycles. The number of carbonyl (C=O) groups excluding carboxylic acids is 2. The van der Waals surface area contributed by atoms with Crippen molar-refractivity contribution in [1.82, 2.24) is 5.32 Å². The van der Waals surface area contributed by atoms with Crippen molar-refractivity contribution in [3.8, 4) is 0 Å². The van der Waals surface area contributed by atoms with Crippen molar-refractivity contribution in [2.24, 2.45) is 0 Å². The number of esters is 1. The third-order valence-corrected chi connectivity index (χ3v) is 5.06. The number of methoxy groups -OCH3 is 1. The predicted octanol–water partition coefficient (Wildman–Crippen LogP) is 4.09. The minimum absolute atomic E-state index is 0.202. The normalized spacial score (nSPS) is 11.7. The van der Waals surface area contributed by atoms with E-state index in [9.17, 15) is 14.0 Å². The Morgan fingerprint density at radius 2 is 1.96 bits per heavy atom. The Kier molecular flexibility index (Phi) is 8.12. The van der Waals surface area contributed by atoms with Crippen LogP contribution in [-0.2, 0) is 14.3 Å². The van der Waals surface area contributed by atoms with Gasteiger partial charge in [-0.05, 0) is 17.7 Å². The van der Waals surface area contributed by atoms with Gasteiger partial charge in [-0.25, -0.2) is 4.39 Å². The summed E-state index contributed by atoms with van der Waals surface area (Å²) in [6, 6.07) is 13.4.